The Morgan fingerprint density at radius 1 is 1.46 bits per heavy atom. The smallest absolute Gasteiger partial charge is 0.267 e. The zero-order chi connectivity index (χ0) is 9.80. The molecule has 2 rings (SSSR count). The molecule has 2 heterocycles. The van der Waals surface area contributed by atoms with E-state index < -0.39 is 15.9 Å². The molecule has 0 atom stereocenters. The molecule has 0 radical (unpaired) electrons. The van der Waals surface area contributed by atoms with Gasteiger partial charge >= 0.3 is 0 Å². The van der Waals surface area contributed by atoms with E-state index in [-0.39, 0.29) is 14.8 Å². The highest BCUT2D eigenvalue weighted by Gasteiger charge is 2.38. The lowest BCUT2D eigenvalue weighted by Crippen LogP contribution is -2.21. The molecule has 8 heteroatoms. The molecule has 1 N–H and O–H groups in total. The van der Waals surface area contributed by atoms with Gasteiger partial charge in [-0.3, -0.25) is 4.79 Å². The number of sulfonamides is 1. The fourth-order valence-corrected chi connectivity index (χ4v) is 4.78. The summed E-state index contributed by atoms with van der Waals surface area (Å²) < 4.78 is 24.8. The molecule has 0 saturated carbocycles. The van der Waals surface area contributed by atoms with Crippen LogP contribution in [0.25, 0.3) is 0 Å². The Kier molecular flexibility index (Phi) is 1.96. The van der Waals surface area contributed by atoms with Crippen molar-refractivity contribution in [1.82, 2.24) is 4.72 Å². The summed E-state index contributed by atoms with van der Waals surface area (Å²) in [6, 6.07) is 0. The molecule has 0 aliphatic carbocycles. The monoisotopic (exact) mass is 301 g/mol. The van der Waals surface area contributed by atoms with E-state index in [2.05, 4.69) is 15.9 Å². The number of hydrogen-bond donors (Lipinski definition) is 1. The van der Waals surface area contributed by atoms with E-state index in [1.54, 1.807) is 0 Å². The number of nitrogens with one attached hydrogen (secondary N) is 1. The third-order valence-electron chi connectivity index (χ3n) is 1.47. The summed E-state index contributed by atoms with van der Waals surface area (Å²) >= 11 is 9.77. The molecule has 0 bridgehead atoms. The van der Waals surface area contributed by atoms with Crippen LogP contribution < -0.4 is 4.72 Å². The average molecular weight is 303 g/mol. The highest BCUT2D eigenvalue weighted by Crippen LogP contribution is 2.42. The molecule has 0 spiro atoms. The zero-order valence-corrected chi connectivity index (χ0v) is 9.77. The van der Waals surface area contributed by atoms with Gasteiger partial charge in [-0.25, -0.2) is 13.1 Å². The molecule has 1 aromatic rings. The van der Waals surface area contributed by atoms with Crippen LogP contribution in [0.15, 0.2) is 8.68 Å². The van der Waals surface area contributed by atoms with Gasteiger partial charge in [0, 0.05) is 0 Å². The van der Waals surface area contributed by atoms with Gasteiger partial charge in [0.05, 0.1) is 8.81 Å². The fourth-order valence-electron chi connectivity index (χ4n) is 0.979. The highest BCUT2D eigenvalue weighted by atomic mass is 79.9. The van der Waals surface area contributed by atoms with Crippen molar-refractivity contribution in [2.75, 3.05) is 0 Å². The average Bonchev–Trinajstić information content (AvgIpc) is 2.37. The third-order valence-corrected chi connectivity index (χ3v) is 5.69. The molecule has 4 nitrogen and oxygen atoms in total. The van der Waals surface area contributed by atoms with E-state index in [4.69, 9.17) is 11.6 Å². The maximum absolute atomic E-state index is 11.3. The van der Waals surface area contributed by atoms with Crippen molar-refractivity contribution in [2.24, 2.45) is 0 Å². The lowest BCUT2D eigenvalue weighted by molar-refractivity contribution is 0.0989. The maximum Gasteiger partial charge on any atom is 0.276 e. The van der Waals surface area contributed by atoms with E-state index in [9.17, 15) is 13.2 Å². The molecule has 0 saturated heterocycles. The van der Waals surface area contributed by atoms with Crippen LogP contribution in [0.3, 0.4) is 0 Å². The van der Waals surface area contributed by atoms with Crippen LogP contribution in [0.5, 0.6) is 0 Å². The minimum absolute atomic E-state index is 0.0679. The summed E-state index contributed by atoms with van der Waals surface area (Å²) in [6.45, 7) is 0. The highest BCUT2D eigenvalue weighted by molar-refractivity contribution is 9.11. The second kappa shape index (κ2) is 2.69. The summed E-state index contributed by atoms with van der Waals surface area (Å²) in [5.41, 5.74) is 0. The Hall–Kier alpha value is -0.110. The number of rotatable bonds is 0. The van der Waals surface area contributed by atoms with Crippen molar-refractivity contribution < 1.29 is 13.2 Å². The van der Waals surface area contributed by atoms with Gasteiger partial charge in [0.15, 0.2) is 0 Å². The van der Waals surface area contributed by atoms with E-state index in [1.165, 1.54) is 0 Å². The molecule has 1 aliphatic rings. The van der Waals surface area contributed by atoms with Gasteiger partial charge < -0.3 is 0 Å². The molecule has 13 heavy (non-hydrogen) atoms. The number of hydrogen-bond acceptors (Lipinski definition) is 4. The molecule has 1 aliphatic heterocycles. The number of carbonyl (C=O) groups excluding carboxylic acids is 1. The number of amides is 1. The molecular weight excluding hydrogens is 302 g/mol. The largest absolute Gasteiger partial charge is 0.276 e. The van der Waals surface area contributed by atoms with Crippen molar-refractivity contribution in [3.8, 4) is 0 Å². The zero-order valence-electron chi connectivity index (χ0n) is 5.80. The summed E-state index contributed by atoms with van der Waals surface area (Å²) in [5.74, 6) is -0.618. The van der Waals surface area contributed by atoms with Gasteiger partial charge in [-0.05, 0) is 15.9 Å². The van der Waals surface area contributed by atoms with Gasteiger partial charge in [0.25, 0.3) is 15.9 Å². The quantitative estimate of drug-likeness (QED) is 0.791. The van der Waals surface area contributed by atoms with Crippen LogP contribution >= 0.6 is 38.9 Å². The third kappa shape index (κ3) is 1.22. The first-order chi connectivity index (χ1) is 5.93. The van der Waals surface area contributed by atoms with Crippen molar-refractivity contribution >= 4 is 54.8 Å². The minimum atomic E-state index is -3.72. The fraction of sp³-hybridized carbons (Fsp3) is 0. The topological polar surface area (TPSA) is 63.2 Å². The first-order valence-electron chi connectivity index (χ1n) is 2.98. The molecule has 1 amide bonds. The van der Waals surface area contributed by atoms with E-state index in [0.29, 0.717) is 3.79 Å². The Labute approximate surface area is 91.1 Å². The summed E-state index contributed by atoms with van der Waals surface area (Å²) in [7, 11) is -3.72. The van der Waals surface area contributed by atoms with E-state index >= 15 is 0 Å². The lowest BCUT2D eigenvalue weighted by atomic mass is 10.4. The Morgan fingerprint density at radius 3 is 2.62 bits per heavy atom. The van der Waals surface area contributed by atoms with Crippen molar-refractivity contribution in [1.29, 1.82) is 0 Å². The summed E-state index contributed by atoms with van der Waals surface area (Å²) in [5, 5.41) is 0.0679. The van der Waals surface area contributed by atoms with Crippen LogP contribution in [0.2, 0.25) is 5.02 Å². The van der Waals surface area contributed by atoms with Crippen LogP contribution in [0, 0.1) is 0 Å². The molecule has 70 valence electrons. The van der Waals surface area contributed by atoms with Gasteiger partial charge in [0.1, 0.15) is 9.77 Å². The van der Waals surface area contributed by atoms with E-state index in [0.717, 1.165) is 11.3 Å². The Balaban J connectivity index is 2.88. The standard InChI is InChI=1S/C5HBrClNO3S2/c6-4-1(7)3-2(12-4)5(9)8-13(3,10)11/h(H,8,9). The SMILES string of the molecule is O=C1NS(=O)(=O)c2c1sc(Br)c2Cl. The predicted octanol–water partition coefficient (Wildman–Crippen LogP) is 1.60. The van der Waals surface area contributed by atoms with Crippen LogP contribution in [0.1, 0.15) is 9.67 Å². The first kappa shape index (κ1) is 9.45. The molecular formula is C5HBrClNO3S2. The number of halogens is 2. The minimum Gasteiger partial charge on any atom is -0.267 e. The van der Waals surface area contributed by atoms with Gasteiger partial charge in [-0.2, -0.15) is 0 Å². The van der Waals surface area contributed by atoms with Crippen molar-refractivity contribution in [2.45, 2.75) is 4.90 Å². The van der Waals surface area contributed by atoms with Gasteiger partial charge in [-0.15, -0.1) is 11.3 Å². The lowest BCUT2D eigenvalue weighted by Gasteiger charge is -1.93. The number of carbonyl (C=O) groups is 1. The molecule has 0 unspecified atom stereocenters. The van der Waals surface area contributed by atoms with Gasteiger partial charge in [0.2, 0.25) is 0 Å². The maximum atomic E-state index is 11.3. The molecule has 1 aromatic heterocycles. The Morgan fingerprint density at radius 2 is 2.08 bits per heavy atom. The molecule has 0 fully saturated rings. The van der Waals surface area contributed by atoms with E-state index in [1.807, 2.05) is 4.72 Å². The van der Waals surface area contributed by atoms with Crippen molar-refractivity contribution in [3.05, 3.63) is 13.7 Å². The second-order valence-electron chi connectivity index (χ2n) is 2.28. The van der Waals surface area contributed by atoms with Crippen molar-refractivity contribution in [3.63, 3.8) is 0 Å². The number of fused-ring (bicyclic) bond motifs is 1. The predicted molar refractivity (Wildman–Crippen MR) is 51.7 cm³/mol. The summed E-state index contributed by atoms with van der Waals surface area (Å²) in [6.07, 6.45) is 0. The van der Waals surface area contributed by atoms with Crippen LogP contribution in [-0.2, 0) is 10.0 Å². The van der Waals surface area contributed by atoms with Gasteiger partial charge in [-0.1, -0.05) is 11.6 Å². The van der Waals surface area contributed by atoms with Crippen LogP contribution in [-0.4, -0.2) is 14.3 Å². The molecule has 0 aromatic carbocycles. The van der Waals surface area contributed by atoms with Crippen LogP contribution in [0.4, 0.5) is 0 Å². The number of thiophene rings is 1. The normalized spacial score (nSPS) is 18.5. The second-order valence-corrected chi connectivity index (χ2v) is 6.62. The summed E-state index contributed by atoms with van der Waals surface area (Å²) in [4.78, 5) is 11.1. The Bertz CT molecular complexity index is 506. The first-order valence-corrected chi connectivity index (χ1v) is 6.45.